The number of aromatic nitrogens is 3. The third kappa shape index (κ3) is 8.01. The van der Waals surface area contributed by atoms with Crippen LogP contribution in [0.3, 0.4) is 0 Å². The van der Waals surface area contributed by atoms with Crippen molar-refractivity contribution in [2.24, 2.45) is 5.92 Å². The quantitative estimate of drug-likeness (QED) is 0.234. The van der Waals surface area contributed by atoms with Crippen molar-refractivity contribution in [3.63, 3.8) is 0 Å². The number of fused-ring (bicyclic) bond motifs is 1. The zero-order valence-corrected chi connectivity index (χ0v) is 28.4. The van der Waals surface area contributed by atoms with Gasteiger partial charge in [0.15, 0.2) is 0 Å². The third-order valence-corrected chi connectivity index (χ3v) is 8.91. The SMILES string of the molecule is CCOC(=O)C1CCN(c2cnc(N[C@H]3C[C@@H](CC)N(C(=O)OCC)c4ccc(OC)nc43)nc2Cc2cc(C#N)cc(C(F)(F)F)c2)CC1. The molecule has 2 aliphatic heterocycles. The highest BCUT2D eigenvalue weighted by Gasteiger charge is 2.38. The second-order valence-electron chi connectivity index (χ2n) is 12.1. The average molecular weight is 696 g/mol. The van der Waals surface area contributed by atoms with Gasteiger partial charge in [0, 0.05) is 31.6 Å². The number of nitrogens with one attached hydrogen (secondary N) is 1. The second-order valence-corrected chi connectivity index (χ2v) is 12.1. The van der Waals surface area contributed by atoms with E-state index in [1.807, 2.05) is 17.9 Å². The zero-order valence-electron chi connectivity index (χ0n) is 28.4. The smallest absolute Gasteiger partial charge is 0.416 e. The van der Waals surface area contributed by atoms with E-state index >= 15 is 0 Å². The summed E-state index contributed by atoms with van der Waals surface area (Å²) < 4.78 is 57.3. The number of alkyl halides is 3. The Kier molecular flexibility index (Phi) is 11.3. The van der Waals surface area contributed by atoms with Gasteiger partial charge in [-0.1, -0.05) is 6.92 Å². The summed E-state index contributed by atoms with van der Waals surface area (Å²) >= 11 is 0. The lowest BCUT2D eigenvalue weighted by Crippen LogP contribution is -2.46. The third-order valence-electron chi connectivity index (χ3n) is 8.91. The lowest BCUT2D eigenvalue weighted by Gasteiger charge is -2.39. The first-order valence-corrected chi connectivity index (χ1v) is 16.7. The van der Waals surface area contributed by atoms with Crippen molar-refractivity contribution in [1.29, 1.82) is 5.26 Å². The fourth-order valence-electron chi connectivity index (χ4n) is 6.49. The highest BCUT2D eigenvalue weighted by atomic mass is 19.4. The molecule has 1 fully saturated rings. The highest BCUT2D eigenvalue weighted by Crippen LogP contribution is 2.40. The first kappa shape index (κ1) is 36.2. The zero-order chi connectivity index (χ0) is 36.0. The van der Waals surface area contributed by atoms with Gasteiger partial charge in [-0.25, -0.2) is 19.7 Å². The van der Waals surface area contributed by atoms with Gasteiger partial charge in [0.05, 0.1) is 78.4 Å². The Bertz CT molecular complexity index is 1740. The van der Waals surface area contributed by atoms with Crippen molar-refractivity contribution in [3.05, 3.63) is 64.6 Å². The minimum absolute atomic E-state index is 0.0233. The van der Waals surface area contributed by atoms with Gasteiger partial charge in [0.1, 0.15) is 0 Å². The molecular weight excluding hydrogens is 655 g/mol. The molecule has 2 aromatic heterocycles. The summed E-state index contributed by atoms with van der Waals surface area (Å²) in [7, 11) is 1.49. The maximum atomic E-state index is 13.8. The lowest BCUT2D eigenvalue weighted by molar-refractivity contribution is -0.148. The largest absolute Gasteiger partial charge is 0.481 e. The van der Waals surface area contributed by atoms with E-state index in [0.29, 0.717) is 74.0 Å². The van der Waals surface area contributed by atoms with Gasteiger partial charge < -0.3 is 24.4 Å². The Balaban J connectivity index is 1.52. The minimum Gasteiger partial charge on any atom is -0.481 e. The fourth-order valence-corrected chi connectivity index (χ4v) is 6.49. The second kappa shape index (κ2) is 15.6. The van der Waals surface area contributed by atoms with Crippen LogP contribution in [-0.4, -0.2) is 66.5 Å². The molecule has 1 saturated heterocycles. The first-order chi connectivity index (χ1) is 24.0. The van der Waals surface area contributed by atoms with Gasteiger partial charge in [-0.2, -0.15) is 18.4 Å². The number of carbonyl (C=O) groups excluding carboxylic acids is 2. The molecule has 1 aromatic carbocycles. The molecule has 0 aliphatic carbocycles. The summed E-state index contributed by atoms with van der Waals surface area (Å²) in [6, 6.07) is 7.81. The van der Waals surface area contributed by atoms with E-state index < -0.39 is 23.9 Å². The van der Waals surface area contributed by atoms with Crippen LogP contribution in [0.2, 0.25) is 0 Å². The van der Waals surface area contributed by atoms with Crippen LogP contribution in [0.25, 0.3) is 0 Å². The Morgan fingerprint density at radius 3 is 2.42 bits per heavy atom. The van der Waals surface area contributed by atoms with Crippen molar-refractivity contribution in [2.45, 2.75) is 71.1 Å². The number of ether oxygens (including phenoxy) is 3. The summed E-state index contributed by atoms with van der Waals surface area (Å²) in [5.41, 5.74) is 1.34. The number of nitrogens with zero attached hydrogens (tertiary/aromatic N) is 6. The highest BCUT2D eigenvalue weighted by molar-refractivity contribution is 5.90. The average Bonchev–Trinajstić information content (AvgIpc) is 3.11. The number of halogens is 3. The summed E-state index contributed by atoms with van der Waals surface area (Å²) in [5.74, 6) is 0.0452. The van der Waals surface area contributed by atoms with Crippen molar-refractivity contribution in [2.75, 3.05) is 48.5 Å². The van der Waals surface area contributed by atoms with Crippen LogP contribution in [0, 0.1) is 17.2 Å². The number of hydrogen-bond donors (Lipinski definition) is 1. The Labute approximate surface area is 288 Å². The monoisotopic (exact) mass is 695 g/mol. The molecule has 4 heterocycles. The predicted molar refractivity (Wildman–Crippen MR) is 178 cm³/mol. The number of methoxy groups -OCH3 is 1. The minimum atomic E-state index is -4.65. The van der Waals surface area contributed by atoms with E-state index in [1.54, 1.807) is 37.1 Å². The fraction of sp³-hybridized carbons (Fsp3) is 0.486. The molecule has 50 heavy (non-hydrogen) atoms. The number of piperidine rings is 1. The molecule has 0 radical (unpaired) electrons. The summed E-state index contributed by atoms with van der Waals surface area (Å²) in [4.78, 5) is 43.2. The van der Waals surface area contributed by atoms with Crippen LogP contribution in [0.15, 0.2) is 36.5 Å². The molecule has 2 aliphatic rings. The van der Waals surface area contributed by atoms with Crippen LogP contribution in [0.1, 0.15) is 80.6 Å². The number of hydrogen-bond acceptors (Lipinski definition) is 11. The molecule has 1 amide bonds. The summed E-state index contributed by atoms with van der Waals surface area (Å²) in [6.45, 7) is 6.94. The molecule has 0 bridgehead atoms. The number of amides is 1. The van der Waals surface area contributed by atoms with Crippen molar-refractivity contribution >= 4 is 29.4 Å². The van der Waals surface area contributed by atoms with Crippen LogP contribution >= 0.6 is 0 Å². The molecule has 15 heteroatoms. The standard InChI is InChI=1S/C35H40F3N7O5/c1-5-25-18-27(31-28(8-9-30(43-31)48-4)45(25)34(47)50-7-3)42-33-40-20-29(44-12-10-23(11-13-44)32(46)49-6-2)26(41-33)17-21-14-22(19-39)16-24(15-21)35(36,37)38/h8-9,14-16,20,23,25,27H,5-7,10-13,17-18H2,1-4H3,(H,40,41,42)/t25-,27+/m1/s1. The number of anilines is 3. The van der Waals surface area contributed by atoms with Gasteiger partial charge in [0.25, 0.3) is 0 Å². The van der Waals surface area contributed by atoms with Crippen molar-refractivity contribution in [1.82, 2.24) is 15.0 Å². The Morgan fingerprint density at radius 1 is 1.04 bits per heavy atom. The van der Waals surface area contributed by atoms with Gasteiger partial charge >= 0.3 is 18.2 Å². The van der Waals surface area contributed by atoms with E-state index in [9.17, 15) is 28.0 Å². The molecule has 3 aromatic rings. The normalized spacial score (nSPS) is 17.8. The van der Waals surface area contributed by atoms with Crippen molar-refractivity contribution < 1.29 is 37.0 Å². The number of benzene rings is 1. The van der Waals surface area contributed by atoms with Gasteiger partial charge in [-0.3, -0.25) is 9.69 Å². The molecule has 266 valence electrons. The number of rotatable bonds is 10. The van der Waals surface area contributed by atoms with Crippen LogP contribution in [-0.2, 0) is 26.9 Å². The van der Waals surface area contributed by atoms with Gasteiger partial charge in [-0.05, 0) is 69.4 Å². The topological polar surface area (TPSA) is 143 Å². The maximum absolute atomic E-state index is 13.8. The molecule has 0 unspecified atom stereocenters. The van der Waals surface area contributed by atoms with Crippen LogP contribution in [0.5, 0.6) is 5.88 Å². The number of carbonyl (C=O) groups is 2. The van der Waals surface area contributed by atoms with E-state index in [-0.39, 0.29) is 48.0 Å². The molecule has 1 N–H and O–H groups in total. The number of pyridine rings is 1. The summed E-state index contributed by atoms with van der Waals surface area (Å²) in [5, 5.41) is 12.9. The first-order valence-electron chi connectivity index (χ1n) is 16.7. The van der Waals surface area contributed by atoms with Gasteiger partial charge in [-0.15, -0.1) is 0 Å². The van der Waals surface area contributed by atoms with Gasteiger partial charge in [0.2, 0.25) is 11.8 Å². The Morgan fingerprint density at radius 2 is 1.78 bits per heavy atom. The molecule has 12 nitrogen and oxygen atoms in total. The van der Waals surface area contributed by atoms with E-state index in [4.69, 9.17) is 19.2 Å². The molecule has 0 saturated carbocycles. The predicted octanol–water partition coefficient (Wildman–Crippen LogP) is 6.44. The molecular formula is C35H40F3N7O5. The van der Waals surface area contributed by atoms with E-state index in [2.05, 4.69) is 15.3 Å². The number of esters is 1. The molecule has 2 atom stereocenters. The molecule has 5 rings (SSSR count). The van der Waals surface area contributed by atoms with Crippen LogP contribution in [0.4, 0.5) is 35.3 Å². The summed E-state index contributed by atoms with van der Waals surface area (Å²) in [6.07, 6.45) is -1.42. The van der Waals surface area contributed by atoms with Crippen LogP contribution < -0.4 is 19.9 Å². The van der Waals surface area contributed by atoms with E-state index in [1.165, 1.54) is 13.2 Å². The van der Waals surface area contributed by atoms with E-state index in [0.717, 1.165) is 12.1 Å². The number of nitriles is 1. The lowest BCUT2D eigenvalue weighted by atomic mass is 9.93. The maximum Gasteiger partial charge on any atom is 0.416 e. The Hall–Kier alpha value is -5.13. The molecule has 0 spiro atoms. The van der Waals surface area contributed by atoms with Crippen molar-refractivity contribution in [3.8, 4) is 11.9 Å².